The lowest BCUT2D eigenvalue weighted by molar-refractivity contribution is -0.668. The van der Waals surface area contributed by atoms with Crippen molar-refractivity contribution in [2.45, 2.75) is 32.2 Å². The molecule has 0 fully saturated rings. The molecule has 0 bridgehead atoms. The van der Waals surface area contributed by atoms with Gasteiger partial charge >= 0.3 is 0 Å². The first-order valence-electron chi connectivity index (χ1n) is 14.1. The van der Waals surface area contributed by atoms with Crippen LogP contribution < -0.4 is 4.57 Å². The number of aromatic nitrogens is 1. The molecule has 0 spiro atoms. The second-order valence-electron chi connectivity index (χ2n) is 10.3. The van der Waals surface area contributed by atoms with Crippen LogP contribution in [0.15, 0.2) is 126 Å². The van der Waals surface area contributed by atoms with Gasteiger partial charge in [0.1, 0.15) is 16.2 Å². The van der Waals surface area contributed by atoms with Gasteiger partial charge in [0.2, 0.25) is 5.52 Å². The Hall–Kier alpha value is -4.04. The van der Waals surface area contributed by atoms with Crippen molar-refractivity contribution in [1.82, 2.24) is 0 Å². The normalized spacial score (nSPS) is 15.9. The summed E-state index contributed by atoms with van der Waals surface area (Å²) < 4.78 is 43.3. The number of hydrogen-bond acceptors (Lipinski definition) is 5. The van der Waals surface area contributed by atoms with Crippen molar-refractivity contribution in [3.63, 3.8) is 0 Å². The molecule has 0 unspecified atom stereocenters. The largest absolute Gasteiger partial charge is 0.748 e. The van der Waals surface area contributed by atoms with Crippen molar-refractivity contribution < 1.29 is 22.3 Å². The number of fused-ring (bicyclic) bond motifs is 2. The minimum atomic E-state index is -4.24. The summed E-state index contributed by atoms with van der Waals surface area (Å²) in [5.41, 5.74) is 6.89. The summed E-state index contributed by atoms with van der Waals surface area (Å²) in [6.45, 7) is 0.461. The molecule has 4 aromatic rings. The second kappa shape index (κ2) is 12.4. The zero-order valence-corrected chi connectivity index (χ0v) is 24.7. The van der Waals surface area contributed by atoms with Crippen LogP contribution in [0.3, 0.4) is 0 Å². The maximum absolute atomic E-state index is 11.2. The van der Waals surface area contributed by atoms with E-state index < -0.39 is 10.1 Å². The number of allylic oxidation sites excluding steroid dienone is 7. The van der Waals surface area contributed by atoms with Gasteiger partial charge in [-0.05, 0) is 48.1 Å². The van der Waals surface area contributed by atoms with E-state index in [1.807, 2.05) is 60.7 Å². The lowest BCUT2D eigenvalue weighted by Crippen LogP contribution is -2.35. The van der Waals surface area contributed by atoms with E-state index in [1.165, 1.54) is 22.3 Å². The summed E-state index contributed by atoms with van der Waals surface area (Å²) in [7, 11) is -4.24. The Bertz CT molecular complexity index is 1860. The van der Waals surface area contributed by atoms with Gasteiger partial charge in [0, 0.05) is 35.5 Å². The van der Waals surface area contributed by atoms with Crippen molar-refractivity contribution in [2.75, 3.05) is 5.75 Å². The first kappa shape index (κ1) is 28.1. The third kappa shape index (κ3) is 6.39. The minimum Gasteiger partial charge on any atom is -0.748 e. The van der Waals surface area contributed by atoms with Gasteiger partial charge < -0.3 is 9.29 Å². The van der Waals surface area contributed by atoms with E-state index >= 15 is 0 Å². The van der Waals surface area contributed by atoms with Crippen LogP contribution in [0.5, 0.6) is 0 Å². The first-order chi connectivity index (χ1) is 20.5. The molecule has 2 aliphatic rings. The van der Waals surface area contributed by atoms with Crippen molar-refractivity contribution in [3.8, 4) is 0 Å². The quantitative estimate of drug-likeness (QED) is 0.114. The molecule has 42 heavy (non-hydrogen) atoms. The number of ether oxygens (including phenoxy) is 1. The molecule has 0 atom stereocenters. The highest BCUT2D eigenvalue weighted by Gasteiger charge is 2.27. The van der Waals surface area contributed by atoms with Gasteiger partial charge in [-0.25, -0.2) is 8.42 Å². The fraction of sp³-hybridized carbons (Fsp3) is 0.171. The highest BCUT2D eigenvalue weighted by Crippen LogP contribution is 2.43. The molecule has 2 heterocycles. The molecular weight excluding hydrogens is 563 g/mol. The van der Waals surface area contributed by atoms with Gasteiger partial charge in [0.05, 0.1) is 10.1 Å². The molecule has 1 aliphatic carbocycles. The molecule has 0 saturated heterocycles. The van der Waals surface area contributed by atoms with Gasteiger partial charge in [-0.2, -0.15) is 4.57 Å². The summed E-state index contributed by atoms with van der Waals surface area (Å²) in [5, 5.41) is 1.00. The fourth-order valence-corrected chi connectivity index (χ4v) is 7.10. The van der Waals surface area contributed by atoms with Crippen LogP contribution >= 0.6 is 11.3 Å². The Balaban J connectivity index is 1.32. The van der Waals surface area contributed by atoms with Crippen molar-refractivity contribution >= 4 is 49.1 Å². The monoisotopic (exact) mass is 593 g/mol. The lowest BCUT2D eigenvalue weighted by atomic mass is 9.85. The summed E-state index contributed by atoms with van der Waals surface area (Å²) in [6.07, 6.45) is 13.7. The minimum absolute atomic E-state index is 0.275. The van der Waals surface area contributed by atoms with Crippen LogP contribution in [-0.4, -0.2) is 18.7 Å². The Morgan fingerprint density at radius 2 is 1.55 bits per heavy atom. The smallest absolute Gasteiger partial charge is 0.262 e. The summed E-state index contributed by atoms with van der Waals surface area (Å²) >= 11 is 1.64. The molecule has 0 radical (unpaired) electrons. The van der Waals surface area contributed by atoms with Crippen molar-refractivity contribution in [2.24, 2.45) is 0 Å². The fourth-order valence-electron chi connectivity index (χ4n) is 5.51. The molecule has 1 aliphatic heterocycles. The molecule has 6 rings (SSSR count). The zero-order chi connectivity index (χ0) is 28.9. The average Bonchev–Trinajstić information content (AvgIpc) is 3.36. The molecule has 212 valence electrons. The standard InChI is InChI=1S/C35H31NO4S2/c37-42(38,39)24-12-23-36-31-20-8-9-21-33(31)41-34(36)22-10-7-17-28-18-11-19-29-30(26-13-3-1-4-14-26)25-32(40-35(28)29)27-15-5-2-6-16-27/h1-10,13-17,20-22,25H,11-12,18-19,23-24H2. The number of thiazole rings is 1. The predicted molar refractivity (Wildman–Crippen MR) is 169 cm³/mol. The van der Waals surface area contributed by atoms with Crippen LogP contribution in [0.2, 0.25) is 0 Å². The van der Waals surface area contributed by atoms with Crippen LogP contribution in [-0.2, 0) is 21.4 Å². The van der Waals surface area contributed by atoms with E-state index in [4.69, 9.17) is 4.74 Å². The maximum Gasteiger partial charge on any atom is 0.262 e. The number of aryl methyl sites for hydroxylation is 1. The topological polar surface area (TPSA) is 70.3 Å². The van der Waals surface area contributed by atoms with Gasteiger partial charge in [-0.3, -0.25) is 0 Å². The third-order valence-corrected chi connectivity index (χ3v) is 9.37. The summed E-state index contributed by atoms with van der Waals surface area (Å²) in [6, 6.07) is 28.8. The highest BCUT2D eigenvalue weighted by atomic mass is 32.2. The van der Waals surface area contributed by atoms with E-state index in [1.54, 1.807) is 11.3 Å². The van der Waals surface area contributed by atoms with E-state index in [9.17, 15) is 13.0 Å². The Morgan fingerprint density at radius 1 is 0.857 bits per heavy atom. The molecule has 7 heteroatoms. The number of nitrogens with zero attached hydrogens (tertiary/aromatic N) is 1. The number of benzene rings is 3. The number of rotatable bonds is 9. The average molecular weight is 594 g/mol. The van der Waals surface area contributed by atoms with Crippen LogP contribution in [0.1, 0.15) is 41.8 Å². The van der Waals surface area contributed by atoms with Crippen LogP contribution in [0.4, 0.5) is 0 Å². The van der Waals surface area contributed by atoms with Crippen molar-refractivity contribution in [1.29, 1.82) is 0 Å². The molecule has 0 N–H and O–H groups in total. The molecule has 0 saturated carbocycles. The predicted octanol–water partition coefficient (Wildman–Crippen LogP) is 7.66. The molecule has 3 aromatic carbocycles. The van der Waals surface area contributed by atoms with E-state index in [-0.39, 0.29) is 12.2 Å². The van der Waals surface area contributed by atoms with Gasteiger partial charge in [0.25, 0.3) is 5.01 Å². The van der Waals surface area contributed by atoms with E-state index in [2.05, 4.69) is 59.2 Å². The SMILES string of the molecule is O=S(=O)([O-])CCC[n+]1c(C=CC=CC2=C3OC(c4ccccc4)=CC(c4ccccc4)=C3CCC2)sc2ccccc21. The summed E-state index contributed by atoms with van der Waals surface area (Å²) in [5.74, 6) is 1.43. The lowest BCUT2D eigenvalue weighted by Gasteiger charge is -2.29. The Labute approximate surface area is 250 Å². The maximum atomic E-state index is 11.2. The molecule has 0 amide bonds. The van der Waals surface area contributed by atoms with Crippen LogP contribution in [0.25, 0.3) is 27.6 Å². The Morgan fingerprint density at radius 3 is 2.31 bits per heavy atom. The molecular formula is C35H31NO4S2. The van der Waals surface area contributed by atoms with Gasteiger partial charge in [-0.1, -0.05) is 102 Å². The van der Waals surface area contributed by atoms with Crippen molar-refractivity contribution in [3.05, 3.63) is 142 Å². The third-order valence-electron chi connectivity index (χ3n) is 7.45. The highest BCUT2D eigenvalue weighted by molar-refractivity contribution is 7.85. The summed E-state index contributed by atoms with van der Waals surface area (Å²) in [4.78, 5) is 0. The Kier molecular flexibility index (Phi) is 8.33. The van der Waals surface area contributed by atoms with E-state index in [0.29, 0.717) is 6.54 Å². The van der Waals surface area contributed by atoms with Crippen LogP contribution in [0, 0.1) is 0 Å². The van der Waals surface area contributed by atoms with E-state index in [0.717, 1.165) is 51.6 Å². The first-order valence-corrected chi connectivity index (χ1v) is 16.5. The number of hydrogen-bond donors (Lipinski definition) is 0. The molecule has 1 aromatic heterocycles. The van der Waals surface area contributed by atoms with Gasteiger partial charge in [-0.15, -0.1) is 0 Å². The number of para-hydroxylation sites is 1. The molecule has 5 nitrogen and oxygen atoms in total. The van der Waals surface area contributed by atoms with Gasteiger partial charge in [0.15, 0.2) is 6.54 Å². The second-order valence-corrected chi connectivity index (χ2v) is 12.9. The zero-order valence-electron chi connectivity index (χ0n) is 23.1.